The van der Waals surface area contributed by atoms with Gasteiger partial charge in [-0.05, 0) is 71.5 Å². The maximum absolute atomic E-state index is 5.28. The first-order valence-electron chi connectivity index (χ1n) is 20.0. The lowest BCUT2D eigenvalue weighted by Gasteiger charge is -2.42. The summed E-state index contributed by atoms with van der Waals surface area (Å²) in [5.74, 6) is 0.704. The highest BCUT2D eigenvalue weighted by atomic mass is 15.0. The van der Waals surface area contributed by atoms with Crippen LogP contribution in [0.1, 0.15) is 33.4 Å². The maximum Gasteiger partial charge on any atom is 0.160 e. The van der Waals surface area contributed by atoms with Crippen LogP contribution in [0.2, 0.25) is 0 Å². The summed E-state index contributed by atoms with van der Waals surface area (Å²) in [4.78, 5) is 10.4. The van der Waals surface area contributed by atoms with Crippen molar-refractivity contribution in [3.63, 3.8) is 0 Å². The van der Waals surface area contributed by atoms with Crippen molar-refractivity contribution < 1.29 is 0 Å². The number of aryl methyl sites for hydroxylation is 2. The summed E-state index contributed by atoms with van der Waals surface area (Å²) in [5.41, 5.74) is 17.7. The third-order valence-electron chi connectivity index (χ3n) is 12.1. The van der Waals surface area contributed by atoms with Gasteiger partial charge in [0.2, 0.25) is 0 Å². The molecular formula is C55H39N3. The average molecular weight is 742 g/mol. The molecule has 10 aromatic rings. The Labute approximate surface area is 338 Å². The highest BCUT2D eigenvalue weighted by Gasteiger charge is 2.45. The SMILES string of the molecule is Cc1ccc(C2(c3ccc(C)cc3)c3cc(-c4ccccc4-c4cc(-c5ccccc5)nc(-c5ccccc5)n4)ccc3-n3c4ccccc4c4cccc2c43)cc1. The molecule has 0 unspecified atom stereocenters. The summed E-state index contributed by atoms with van der Waals surface area (Å²) in [6.45, 7) is 4.34. The number of hydrogen-bond donors (Lipinski definition) is 0. The first-order chi connectivity index (χ1) is 28.6. The smallest absolute Gasteiger partial charge is 0.160 e. The summed E-state index contributed by atoms with van der Waals surface area (Å²) >= 11 is 0. The Morgan fingerprint density at radius 1 is 0.414 bits per heavy atom. The van der Waals surface area contributed by atoms with Crippen LogP contribution in [-0.4, -0.2) is 14.5 Å². The molecular weight excluding hydrogens is 703 g/mol. The zero-order valence-electron chi connectivity index (χ0n) is 32.4. The van der Waals surface area contributed by atoms with Crippen molar-refractivity contribution in [2.75, 3.05) is 0 Å². The standard InChI is InChI=1S/C55H39N3/c1-36-24-29-41(30-25-36)55(42-31-26-37(2)27-32-42)47-22-13-21-46-45-20-11-12-23-51(45)58(53(46)47)52-33-28-40(34-48(52)55)43-18-9-10-19-44(43)50-35-49(38-14-5-3-6-15-38)56-54(57-50)39-16-7-4-8-17-39/h3-35H,1-2H3. The first-order valence-corrected chi connectivity index (χ1v) is 20.0. The van der Waals surface area contributed by atoms with Crippen LogP contribution in [0.15, 0.2) is 200 Å². The minimum atomic E-state index is -0.610. The van der Waals surface area contributed by atoms with E-state index in [1.165, 1.54) is 60.9 Å². The van der Waals surface area contributed by atoms with E-state index in [1.54, 1.807) is 0 Å². The minimum Gasteiger partial charge on any atom is -0.309 e. The Morgan fingerprint density at radius 2 is 1.00 bits per heavy atom. The van der Waals surface area contributed by atoms with Crippen LogP contribution < -0.4 is 0 Å². The van der Waals surface area contributed by atoms with Gasteiger partial charge >= 0.3 is 0 Å². The van der Waals surface area contributed by atoms with Gasteiger partial charge in [0.25, 0.3) is 0 Å². The van der Waals surface area contributed by atoms with Gasteiger partial charge in [0.15, 0.2) is 5.82 Å². The highest BCUT2D eigenvalue weighted by molar-refractivity contribution is 6.12. The van der Waals surface area contributed by atoms with Crippen molar-refractivity contribution in [2.24, 2.45) is 0 Å². The van der Waals surface area contributed by atoms with Crippen LogP contribution in [0.5, 0.6) is 0 Å². The van der Waals surface area contributed by atoms with E-state index in [1.807, 2.05) is 24.3 Å². The van der Waals surface area contributed by atoms with Gasteiger partial charge in [-0.3, -0.25) is 0 Å². The van der Waals surface area contributed by atoms with Crippen molar-refractivity contribution in [1.29, 1.82) is 0 Å². The summed E-state index contributed by atoms with van der Waals surface area (Å²) in [5, 5.41) is 2.53. The van der Waals surface area contributed by atoms with E-state index in [2.05, 4.69) is 194 Å². The number of benzene rings is 8. The number of rotatable bonds is 6. The molecule has 3 heteroatoms. The molecule has 0 radical (unpaired) electrons. The monoisotopic (exact) mass is 741 g/mol. The normalized spacial score (nSPS) is 12.8. The minimum absolute atomic E-state index is 0.610. The predicted molar refractivity (Wildman–Crippen MR) is 239 cm³/mol. The van der Waals surface area contributed by atoms with Crippen LogP contribution in [0.3, 0.4) is 0 Å². The summed E-state index contributed by atoms with van der Waals surface area (Å²) in [6, 6.07) is 72.8. The molecule has 0 saturated heterocycles. The average Bonchev–Trinajstić information content (AvgIpc) is 3.63. The second-order valence-electron chi connectivity index (χ2n) is 15.5. The summed E-state index contributed by atoms with van der Waals surface area (Å²) in [7, 11) is 0. The van der Waals surface area contributed by atoms with E-state index in [-0.39, 0.29) is 0 Å². The lowest BCUT2D eigenvalue weighted by Crippen LogP contribution is -2.35. The fourth-order valence-corrected chi connectivity index (χ4v) is 9.33. The highest BCUT2D eigenvalue weighted by Crippen LogP contribution is 2.55. The fourth-order valence-electron chi connectivity index (χ4n) is 9.33. The number of nitrogens with zero attached hydrogens (tertiary/aromatic N) is 3. The summed E-state index contributed by atoms with van der Waals surface area (Å²) < 4.78 is 2.51. The zero-order valence-corrected chi connectivity index (χ0v) is 32.4. The molecule has 8 aromatic carbocycles. The third kappa shape index (κ3) is 5.20. The Kier molecular flexibility index (Phi) is 7.84. The predicted octanol–water partition coefficient (Wildman–Crippen LogP) is 13.6. The lowest BCUT2D eigenvalue weighted by atomic mass is 9.62. The Hall–Kier alpha value is -7.36. The van der Waals surface area contributed by atoms with E-state index in [0.29, 0.717) is 5.82 Å². The topological polar surface area (TPSA) is 30.7 Å². The Balaban J connectivity index is 1.22. The molecule has 3 heterocycles. The summed E-state index contributed by atoms with van der Waals surface area (Å²) in [6.07, 6.45) is 0. The quantitative estimate of drug-likeness (QED) is 0.170. The van der Waals surface area contributed by atoms with Crippen molar-refractivity contribution in [3.05, 3.63) is 234 Å². The Morgan fingerprint density at radius 3 is 1.71 bits per heavy atom. The van der Waals surface area contributed by atoms with Gasteiger partial charge in [0.05, 0.1) is 33.5 Å². The van der Waals surface area contributed by atoms with Crippen LogP contribution in [0.4, 0.5) is 0 Å². The largest absolute Gasteiger partial charge is 0.309 e. The van der Waals surface area contributed by atoms with E-state index in [0.717, 1.165) is 39.2 Å². The van der Waals surface area contributed by atoms with E-state index in [9.17, 15) is 0 Å². The van der Waals surface area contributed by atoms with Crippen molar-refractivity contribution >= 4 is 21.8 Å². The molecule has 0 amide bonds. The third-order valence-corrected chi connectivity index (χ3v) is 12.1. The molecule has 274 valence electrons. The molecule has 0 saturated carbocycles. The molecule has 0 spiro atoms. The Bertz CT molecular complexity index is 3060. The van der Waals surface area contributed by atoms with E-state index < -0.39 is 5.41 Å². The molecule has 0 N–H and O–H groups in total. The van der Waals surface area contributed by atoms with Crippen molar-refractivity contribution in [2.45, 2.75) is 19.3 Å². The zero-order chi connectivity index (χ0) is 38.8. The molecule has 2 aromatic heterocycles. The molecule has 0 atom stereocenters. The first kappa shape index (κ1) is 33.9. The fraction of sp³-hybridized carbons (Fsp3) is 0.0545. The molecule has 0 fully saturated rings. The molecule has 3 nitrogen and oxygen atoms in total. The van der Waals surface area contributed by atoms with Crippen molar-refractivity contribution in [3.8, 4) is 50.7 Å². The van der Waals surface area contributed by atoms with Gasteiger partial charge in [-0.25, -0.2) is 9.97 Å². The number of aromatic nitrogens is 3. The van der Waals surface area contributed by atoms with Gasteiger partial charge in [-0.15, -0.1) is 0 Å². The number of para-hydroxylation sites is 2. The maximum atomic E-state index is 5.28. The second kappa shape index (κ2) is 13.4. The molecule has 1 aliphatic rings. The lowest BCUT2D eigenvalue weighted by molar-refractivity contribution is 0.727. The molecule has 0 bridgehead atoms. The van der Waals surface area contributed by atoms with Crippen molar-refractivity contribution in [1.82, 2.24) is 14.5 Å². The van der Waals surface area contributed by atoms with Crippen LogP contribution in [-0.2, 0) is 5.41 Å². The van der Waals surface area contributed by atoms with Gasteiger partial charge in [-0.1, -0.05) is 187 Å². The van der Waals surface area contributed by atoms with Crippen LogP contribution >= 0.6 is 0 Å². The molecule has 58 heavy (non-hydrogen) atoms. The van der Waals surface area contributed by atoms with Gasteiger partial charge in [-0.2, -0.15) is 0 Å². The number of fused-ring (bicyclic) bond motifs is 5. The van der Waals surface area contributed by atoms with Gasteiger partial charge in [0.1, 0.15) is 0 Å². The number of hydrogen-bond acceptors (Lipinski definition) is 2. The molecule has 11 rings (SSSR count). The van der Waals surface area contributed by atoms with Gasteiger partial charge in [0, 0.05) is 27.5 Å². The second-order valence-corrected chi connectivity index (χ2v) is 15.5. The van der Waals surface area contributed by atoms with Crippen LogP contribution in [0.25, 0.3) is 72.5 Å². The van der Waals surface area contributed by atoms with E-state index >= 15 is 0 Å². The molecule has 1 aliphatic heterocycles. The van der Waals surface area contributed by atoms with Crippen LogP contribution in [0, 0.1) is 13.8 Å². The van der Waals surface area contributed by atoms with E-state index in [4.69, 9.17) is 9.97 Å². The molecule has 0 aliphatic carbocycles. The van der Waals surface area contributed by atoms with Gasteiger partial charge < -0.3 is 4.57 Å².